The van der Waals surface area contributed by atoms with Crippen LogP contribution in [0.25, 0.3) is 21.9 Å². The number of ether oxygens (including phenoxy) is 2. The molecule has 6 heteroatoms. The highest BCUT2D eigenvalue weighted by Crippen LogP contribution is 2.33. The second kappa shape index (κ2) is 8.41. The van der Waals surface area contributed by atoms with Gasteiger partial charge in [0.05, 0.1) is 19.1 Å². The van der Waals surface area contributed by atoms with Crippen LogP contribution in [0.4, 0.5) is 0 Å². The van der Waals surface area contributed by atoms with Gasteiger partial charge >= 0.3 is 0 Å². The molecular weight excluding hydrogens is 384 g/mol. The van der Waals surface area contributed by atoms with E-state index in [-0.39, 0.29) is 5.56 Å². The topological polar surface area (TPSA) is 53.4 Å². The van der Waals surface area contributed by atoms with Crippen molar-refractivity contribution < 1.29 is 9.47 Å². The van der Waals surface area contributed by atoms with E-state index in [2.05, 4.69) is 19.9 Å². The minimum absolute atomic E-state index is 0.0719. The molecule has 0 amide bonds. The number of hydrogen-bond acceptors (Lipinski definition) is 5. The summed E-state index contributed by atoms with van der Waals surface area (Å²) >= 11 is 1.62. The number of unbranched alkanes of at least 4 members (excludes halogenated alkanes) is 1. The molecule has 1 aliphatic rings. The molecule has 0 saturated heterocycles. The van der Waals surface area contributed by atoms with Crippen LogP contribution in [-0.4, -0.2) is 23.3 Å². The third kappa shape index (κ3) is 3.81. The van der Waals surface area contributed by atoms with Crippen molar-refractivity contribution in [3.05, 3.63) is 50.9 Å². The summed E-state index contributed by atoms with van der Waals surface area (Å²) in [7, 11) is 1.65. The smallest absolute Gasteiger partial charge is 0.262 e. The Kier molecular flexibility index (Phi) is 5.72. The van der Waals surface area contributed by atoms with Crippen LogP contribution in [0.15, 0.2) is 29.1 Å². The molecule has 2 aromatic heterocycles. The van der Waals surface area contributed by atoms with Crippen molar-refractivity contribution >= 4 is 33.2 Å². The monoisotopic (exact) mass is 410 g/mol. The van der Waals surface area contributed by atoms with E-state index in [0.717, 1.165) is 64.4 Å². The van der Waals surface area contributed by atoms with E-state index in [1.165, 1.54) is 4.88 Å². The van der Waals surface area contributed by atoms with Crippen LogP contribution < -0.4 is 15.0 Å². The Bertz CT molecular complexity index is 1130. The minimum atomic E-state index is 0.0719. The standard InChI is InChI=1S/C23H26N2O3S/c1-4-6-11-28-20-13-15(7-8-19(20)27-3)12-16-9-10-25-21(16)24-22-18(23(25)26)14-17(5-2)29-22/h7-8,12-14H,4-6,9-11H2,1-3H3/b16-12+. The Balaban J connectivity index is 1.71. The average molecular weight is 411 g/mol. The highest BCUT2D eigenvalue weighted by Gasteiger charge is 2.22. The molecule has 1 aliphatic heterocycles. The number of allylic oxidation sites excluding steroid dienone is 1. The Morgan fingerprint density at radius 3 is 2.86 bits per heavy atom. The lowest BCUT2D eigenvalue weighted by molar-refractivity contribution is 0.288. The molecule has 152 valence electrons. The summed E-state index contributed by atoms with van der Waals surface area (Å²) in [5.74, 6) is 2.27. The van der Waals surface area contributed by atoms with E-state index in [4.69, 9.17) is 14.5 Å². The molecule has 3 heterocycles. The molecule has 0 aliphatic carbocycles. The second-order valence-electron chi connectivity index (χ2n) is 7.21. The van der Waals surface area contributed by atoms with Gasteiger partial charge in [0.2, 0.25) is 0 Å². The lowest BCUT2D eigenvalue weighted by Gasteiger charge is -2.11. The van der Waals surface area contributed by atoms with Gasteiger partial charge in [-0.25, -0.2) is 4.98 Å². The predicted octanol–water partition coefficient (Wildman–Crippen LogP) is 5.15. The lowest BCUT2D eigenvalue weighted by atomic mass is 10.1. The lowest BCUT2D eigenvalue weighted by Crippen LogP contribution is -2.19. The fourth-order valence-electron chi connectivity index (χ4n) is 3.60. The normalized spacial score (nSPS) is 14.5. The molecule has 1 aromatic carbocycles. The maximum Gasteiger partial charge on any atom is 0.262 e. The van der Waals surface area contributed by atoms with Crippen LogP contribution in [0, 0.1) is 0 Å². The maximum absolute atomic E-state index is 12.9. The number of rotatable bonds is 7. The largest absolute Gasteiger partial charge is 0.493 e. The molecule has 3 aromatic rings. The quantitative estimate of drug-likeness (QED) is 0.505. The molecule has 29 heavy (non-hydrogen) atoms. The first-order chi connectivity index (χ1) is 14.1. The molecule has 0 saturated carbocycles. The molecule has 0 radical (unpaired) electrons. The summed E-state index contributed by atoms with van der Waals surface area (Å²) in [6, 6.07) is 7.94. The zero-order valence-electron chi connectivity index (χ0n) is 17.2. The number of methoxy groups -OCH3 is 1. The predicted molar refractivity (Wildman–Crippen MR) is 119 cm³/mol. The van der Waals surface area contributed by atoms with Gasteiger partial charge in [-0.1, -0.05) is 26.3 Å². The second-order valence-corrected chi connectivity index (χ2v) is 8.32. The highest BCUT2D eigenvalue weighted by molar-refractivity contribution is 7.18. The number of thiophene rings is 1. The third-order valence-electron chi connectivity index (χ3n) is 5.23. The number of aryl methyl sites for hydroxylation is 1. The molecule has 0 unspecified atom stereocenters. The molecule has 0 spiro atoms. The number of hydrogen-bond donors (Lipinski definition) is 0. The fourth-order valence-corrected chi connectivity index (χ4v) is 4.55. The first-order valence-corrected chi connectivity index (χ1v) is 11.0. The van der Waals surface area contributed by atoms with Gasteiger partial charge in [-0.3, -0.25) is 9.36 Å². The van der Waals surface area contributed by atoms with Crippen molar-refractivity contribution in [3.8, 4) is 11.5 Å². The SMILES string of the molecule is CCCCOc1cc(/C=C2\CCn3c2nc2sc(CC)cc2c3=O)ccc1OC. The van der Waals surface area contributed by atoms with Gasteiger partial charge in [0.1, 0.15) is 10.7 Å². The maximum atomic E-state index is 12.9. The first-order valence-electron chi connectivity index (χ1n) is 10.2. The van der Waals surface area contributed by atoms with Crippen LogP contribution in [0.1, 0.15) is 49.4 Å². The Labute approximate surface area is 174 Å². The van der Waals surface area contributed by atoms with Crippen molar-refractivity contribution in [2.75, 3.05) is 13.7 Å². The Morgan fingerprint density at radius 2 is 2.10 bits per heavy atom. The van der Waals surface area contributed by atoms with Crippen LogP contribution >= 0.6 is 11.3 Å². The van der Waals surface area contributed by atoms with Crippen molar-refractivity contribution in [2.24, 2.45) is 0 Å². The highest BCUT2D eigenvalue weighted by atomic mass is 32.1. The van der Waals surface area contributed by atoms with E-state index < -0.39 is 0 Å². The van der Waals surface area contributed by atoms with Gasteiger partial charge in [0.15, 0.2) is 11.5 Å². The summed E-state index contributed by atoms with van der Waals surface area (Å²) in [5.41, 5.74) is 2.18. The molecule has 0 N–H and O–H groups in total. The summed E-state index contributed by atoms with van der Waals surface area (Å²) in [6.07, 6.45) is 5.92. The number of nitrogens with zero attached hydrogens (tertiary/aromatic N) is 2. The summed E-state index contributed by atoms with van der Waals surface area (Å²) in [6.45, 7) is 5.59. The molecule has 4 rings (SSSR count). The summed E-state index contributed by atoms with van der Waals surface area (Å²) in [5, 5.41) is 0.743. The van der Waals surface area contributed by atoms with E-state index in [0.29, 0.717) is 13.2 Å². The Hall–Kier alpha value is -2.60. The van der Waals surface area contributed by atoms with Crippen LogP contribution in [0.2, 0.25) is 0 Å². The van der Waals surface area contributed by atoms with Gasteiger partial charge < -0.3 is 9.47 Å². The van der Waals surface area contributed by atoms with Crippen LogP contribution in [-0.2, 0) is 13.0 Å². The van der Waals surface area contributed by atoms with Crippen molar-refractivity contribution in [2.45, 2.75) is 46.1 Å². The van der Waals surface area contributed by atoms with E-state index >= 15 is 0 Å². The van der Waals surface area contributed by atoms with Gasteiger partial charge in [-0.15, -0.1) is 11.3 Å². The number of aromatic nitrogens is 2. The summed E-state index contributed by atoms with van der Waals surface area (Å²) < 4.78 is 13.2. The van der Waals surface area contributed by atoms with Gasteiger partial charge in [0, 0.05) is 11.4 Å². The fraction of sp³-hybridized carbons (Fsp3) is 0.391. The number of fused-ring (bicyclic) bond motifs is 2. The third-order valence-corrected chi connectivity index (χ3v) is 6.40. The molecule has 0 bridgehead atoms. The number of benzene rings is 1. The van der Waals surface area contributed by atoms with Crippen molar-refractivity contribution in [1.29, 1.82) is 0 Å². The Morgan fingerprint density at radius 1 is 1.24 bits per heavy atom. The minimum Gasteiger partial charge on any atom is -0.493 e. The van der Waals surface area contributed by atoms with Crippen LogP contribution in [0.5, 0.6) is 11.5 Å². The van der Waals surface area contributed by atoms with E-state index in [9.17, 15) is 4.79 Å². The van der Waals surface area contributed by atoms with Crippen molar-refractivity contribution in [1.82, 2.24) is 9.55 Å². The first kappa shape index (κ1) is 19.7. The van der Waals surface area contributed by atoms with Gasteiger partial charge in [-0.05, 0) is 54.7 Å². The molecule has 0 atom stereocenters. The zero-order chi connectivity index (χ0) is 20.4. The van der Waals surface area contributed by atoms with Gasteiger partial charge in [-0.2, -0.15) is 0 Å². The van der Waals surface area contributed by atoms with Gasteiger partial charge in [0.25, 0.3) is 5.56 Å². The van der Waals surface area contributed by atoms with E-state index in [1.54, 1.807) is 18.4 Å². The summed E-state index contributed by atoms with van der Waals surface area (Å²) in [4.78, 5) is 19.8. The molecule has 5 nitrogen and oxygen atoms in total. The van der Waals surface area contributed by atoms with Crippen LogP contribution in [0.3, 0.4) is 0 Å². The van der Waals surface area contributed by atoms with Crippen molar-refractivity contribution in [3.63, 3.8) is 0 Å². The molecule has 0 fully saturated rings. The zero-order valence-corrected chi connectivity index (χ0v) is 18.0. The van der Waals surface area contributed by atoms with E-state index in [1.807, 2.05) is 28.8 Å². The average Bonchev–Trinajstić information content (AvgIpc) is 3.33. The molecular formula is C23H26N2O3S.